The van der Waals surface area contributed by atoms with Crippen LogP contribution in [-0.4, -0.2) is 13.1 Å². The van der Waals surface area contributed by atoms with Gasteiger partial charge < -0.3 is 5.32 Å². The van der Waals surface area contributed by atoms with E-state index in [1.54, 1.807) is 6.07 Å². The molecule has 0 radical (unpaired) electrons. The number of hydrogen-bond donors (Lipinski definition) is 1. The van der Waals surface area contributed by atoms with E-state index < -0.39 is 17.0 Å². The number of halogens is 3. The van der Waals surface area contributed by atoms with Crippen LogP contribution in [0.25, 0.3) is 0 Å². The molecule has 2 aromatic carbocycles. The molecular weight excluding hydrogens is 263 g/mol. The fourth-order valence-corrected chi connectivity index (χ4v) is 2.72. The molecule has 0 atom stereocenters. The molecule has 0 bridgehead atoms. The highest BCUT2D eigenvalue weighted by Crippen LogP contribution is 2.34. The quantitative estimate of drug-likeness (QED) is 0.908. The standard InChI is InChI=1S/C16H14F3N/c17-12-4-1-3-11(7-12)16(9-20-10-16)8-13-14(18)5-2-6-15(13)19/h1-7,20H,8-10H2. The van der Waals surface area contributed by atoms with Crippen molar-refractivity contribution in [1.82, 2.24) is 5.32 Å². The van der Waals surface area contributed by atoms with Crippen LogP contribution in [0.15, 0.2) is 42.5 Å². The van der Waals surface area contributed by atoms with Crippen molar-refractivity contribution in [2.24, 2.45) is 0 Å². The SMILES string of the molecule is Fc1cccc(C2(Cc3c(F)cccc3F)CNC2)c1. The molecule has 1 fully saturated rings. The zero-order valence-corrected chi connectivity index (χ0v) is 10.8. The summed E-state index contributed by atoms with van der Waals surface area (Å²) in [5.41, 5.74) is 0.405. The molecule has 3 rings (SSSR count). The van der Waals surface area contributed by atoms with Crippen molar-refractivity contribution in [3.8, 4) is 0 Å². The maximum absolute atomic E-state index is 13.8. The third-order valence-corrected chi connectivity index (χ3v) is 3.94. The average molecular weight is 277 g/mol. The van der Waals surface area contributed by atoms with Gasteiger partial charge in [0.25, 0.3) is 0 Å². The van der Waals surface area contributed by atoms with Crippen LogP contribution in [0.3, 0.4) is 0 Å². The largest absolute Gasteiger partial charge is 0.315 e. The van der Waals surface area contributed by atoms with Crippen LogP contribution in [0.4, 0.5) is 13.2 Å². The van der Waals surface area contributed by atoms with Gasteiger partial charge in [-0.3, -0.25) is 0 Å². The van der Waals surface area contributed by atoms with E-state index in [0.29, 0.717) is 13.1 Å². The van der Waals surface area contributed by atoms with Gasteiger partial charge >= 0.3 is 0 Å². The summed E-state index contributed by atoms with van der Waals surface area (Å²) in [6.07, 6.45) is 0.224. The summed E-state index contributed by atoms with van der Waals surface area (Å²) in [6.45, 7) is 1.18. The van der Waals surface area contributed by atoms with Crippen molar-refractivity contribution in [3.05, 3.63) is 71.0 Å². The molecule has 1 nitrogen and oxygen atoms in total. The van der Waals surface area contributed by atoms with Gasteiger partial charge in [-0.25, -0.2) is 13.2 Å². The van der Waals surface area contributed by atoms with Gasteiger partial charge in [-0.05, 0) is 36.2 Å². The Morgan fingerprint density at radius 3 is 2.15 bits per heavy atom. The molecule has 2 aromatic rings. The van der Waals surface area contributed by atoms with Gasteiger partial charge in [0.2, 0.25) is 0 Å². The Morgan fingerprint density at radius 1 is 0.950 bits per heavy atom. The van der Waals surface area contributed by atoms with Crippen molar-refractivity contribution < 1.29 is 13.2 Å². The molecule has 1 aliphatic heterocycles. The minimum absolute atomic E-state index is 0.0678. The van der Waals surface area contributed by atoms with E-state index >= 15 is 0 Å². The first-order valence-corrected chi connectivity index (χ1v) is 6.50. The van der Waals surface area contributed by atoms with Gasteiger partial charge in [0.1, 0.15) is 17.5 Å². The van der Waals surface area contributed by atoms with Crippen LogP contribution < -0.4 is 5.32 Å². The third-order valence-electron chi connectivity index (χ3n) is 3.94. The minimum atomic E-state index is -0.548. The van der Waals surface area contributed by atoms with E-state index in [0.717, 1.165) is 5.56 Å². The van der Waals surface area contributed by atoms with Crippen molar-refractivity contribution in [2.45, 2.75) is 11.8 Å². The molecular formula is C16H14F3N. The van der Waals surface area contributed by atoms with Gasteiger partial charge in [0.05, 0.1) is 0 Å². The lowest BCUT2D eigenvalue weighted by Gasteiger charge is -2.43. The topological polar surface area (TPSA) is 12.0 Å². The Balaban J connectivity index is 1.98. The first kappa shape index (κ1) is 13.2. The van der Waals surface area contributed by atoms with Gasteiger partial charge in [-0.1, -0.05) is 18.2 Å². The van der Waals surface area contributed by atoms with Gasteiger partial charge in [0, 0.05) is 24.1 Å². The fraction of sp³-hybridized carbons (Fsp3) is 0.250. The highest BCUT2D eigenvalue weighted by molar-refractivity contribution is 5.34. The molecule has 104 valence electrons. The first-order valence-electron chi connectivity index (χ1n) is 6.50. The molecule has 0 amide bonds. The Bertz CT molecular complexity index is 615. The maximum Gasteiger partial charge on any atom is 0.129 e. The van der Waals surface area contributed by atoms with Crippen LogP contribution in [-0.2, 0) is 11.8 Å². The van der Waals surface area contributed by atoms with Crippen molar-refractivity contribution in [2.75, 3.05) is 13.1 Å². The van der Waals surface area contributed by atoms with Gasteiger partial charge in [0.15, 0.2) is 0 Å². The first-order chi connectivity index (χ1) is 9.61. The molecule has 1 N–H and O–H groups in total. The molecule has 0 spiro atoms. The van der Waals surface area contributed by atoms with E-state index in [-0.39, 0.29) is 17.8 Å². The second-order valence-corrected chi connectivity index (χ2v) is 5.27. The van der Waals surface area contributed by atoms with Crippen molar-refractivity contribution in [1.29, 1.82) is 0 Å². The molecule has 1 aliphatic rings. The average Bonchev–Trinajstić information content (AvgIpc) is 2.36. The summed E-state index contributed by atoms with van der Waals surface area (Å²) < 4.78 is 41.0. The van der Waals surface area contributed by atoms with E-state index in [2.05, 4.69) is 5.32 Å². The Morgan fingerprint density at radius 2 is 1.60 bits per heavy atom. The lowest BCUT2D eigenvalue weighted by Crippen LogP contribution is -2.58. The molecule has 1 heterocycles. The van der Waals surface area contributed by atoms with Crippen LogP contribution in [0.5, 0.6) is 0 Å². The van der Waals surface area contributed by atoms with Gasteiger partial charge in [-0.15, -0.1) is 0 Å². The lowest BCUT2D eigenvalue weighted by atomic mass is 9.71. The summed E-state index contributed by atoms with van der Waals surface area (Å²) in [5, 5.41) is 3.11. The van der Waals surface area contributed by atoms with E-state index in [1.165, 1.54) is 30.3 Å². The van der Waals surface area contributed by atoms with E-state index in [9.17, 15) is 13.2 Å². The van der Waals surface area contributed by atoms with Crippen LogP contribution in [0.1, 0.15) is 11.1 Å². The van der Waals surface area contributed by atoms with Crippen LogP contribution in [0, 0.1) is 17.5 Å². The molecule has 0 saturated carbocycles. The second kappa shape index (κ2) is 4.94. The summed E-state index contributed by atoms with van der Waals surface area (Å²) in [4.78, 5) is 0. The second-order valence-electron chi connectivity index (χ2n) is 5.27. The highest BCUT2D eigenvalue weighted by Gasteiger charge is 2.40. The Hall–Kier alpha value is -1.81. The Labute approximate surface area is 115 Å². The predicted molar refractivity (Wildman–Crippen MR) is 71.0 cm³/mol. The van der Waals surface area contributed by atoms with E-state index in [4.69, 9.17) is 0 Å². The molecule has 0 unspecified atom stereocenters. The molecule has 4 heteroatoms. The van der Waals surface area contributed by atoms with Crippen LogP contribution >= 0.6 is 0 Å². The highest BCUT2D eigenvalue weighted by atomic mass is 19.1. The Kier molecular flexibility index (Phi) is 3.26. The van der Waals surface area contributed by atoms with Crippen molar-refractivity contribution >= 4 is 0 Å². The van der Waals surface area contributed by atoms with Gasteiger partial charge in [-0.2, -0.15) is 0 Å². The van der Waals surface area contributed by atoms with Crippen LogP contribution in [0.2, 0.25) is 0 Å². The normalized spacial score (nSPS) is 16.8. The number of nitrogens with one attached hydrogen (secondary N) is 1. The molecule has 1 saturated heterocycles. The number of rotatable bonds is 3. The molecule has 0 aromatic heterocycles. The van der Waals surface area contributed by atoms with Crippen molar-refractivity contribution in [3.63, 3.8) is 0 Å². The zero-order chi connectivity index (χ0) is 14.2. The number of benzene rings is 2. The zero-order valence-electron chi connectivity index (χ0n) is 10.8. The summed E-state index contributed by atoms with van der Waals surface area (Å²) >= 11 is 0. The lowest BCUT2D eigenvalue weighted by molar-refractivity contribution is 0.268. The third kappa shape index (κ3) is 2.20. The maximum atomic E-state index is 13.8. The summed E-state index contributed by atoms with van der Waals surface area (Å²) in [6, 6.07) is 10.1. The molecule has 20 heavy (non-hydrogen) atoms. The monoisotopic (exact) mass is 277 g/mol. The van der Waals surface area contributed by atoms with E-state index in [1.807, 2.05) is 6.07 Å². The minimum Gasteiger partial charge on any atom is -0.315 e. The summed E-state index contributed by atoms with van der Waals surface area (Å²) in [5.74, 6) is -1.43. The number of hydrogen-bond acceptors (Lipinski definition) is 1. The fourth-order valence-electron chi connectivity index (χ4n) is 2.72. The summed E-state index contributed by atoms with van der Waals surface area (Å²) in [7, 11) is 0. The smallest absolute Gasteiger partial charge is 0.129 e. The molecule has 0 aliphatic carbocycles. The predicted octanol–water partition coefficient (Wildman–Crippen LogP) is 3.19.